The molecule has 1 atom stereocenters. The summed E-state index contributed by atoms with van der Waals surface area (Å²) in [4.78, 5) is 5.10. The van der Waals surface area contributed by atoms with Gasteiger partial charge >= 0.3 is 0 Å². The number of hydrogen-bond donors (Lipinski definition) is 1. The predicted octanol–water partition coefficient (Wildman–Crippen LogP) is 2.80. The number of anilines is 1. The lowest BCUT2D eigenvalue weighted by Crippen LogP contribution is -2.02. The number of nitrogens with two attached hydrogens (primary N) is 1. The first-order valence-electron chi connectivity index (χ1n) is 4.48. The van der Waals surface area contributed by atoms with Crippen molar-refractivity contribution in [2.45, 2.75) is 10.8 Å². The highest BCUT2D eigenvalue weighted by molar-refractivity contribution is 9.10. The molecular formula is C10H9BrN2OS2. The second-order valence-electron chi connectivity index (χ2n) is 3.12. The molecular weight excluding hydrogens is 308 g/mol. The number of thiophene rings is 1. The van der Waals surface area contributed by atoms with Gasteiger partial charge in [0.2, 0.25) is 0 Å². The van der Waals surface area contributed by atoms with Crippen LogP contribution in [-0.4, -0.2) is 9.19 Å². The van der Waals surface area contributed by atoms with Gasteiger partial charge in [0.15, 0.2) is 0 Å². The van der Waals surface area contributed by atoms with Crippen molar-refractivity contribution in [3.63, 3.8) is 0 Å². The largest absolute Gasteiger partial charge is 0.396 e. The molecule has 0 amide bonds. The lowest BCUT2D eigenvalue weighted by Gasteiger charge is -2.02. The Bertz CT molecular complexity index is 527. The van der Waals surface area contributed by atoms with Gasteiger partial charge in [-0.05, 0) is 34.1 Å². The van der Waals surface area contributed by atoms with Crippen LogP contribution in [0.5, 0.6) is 0 Å². The van der Waals surface area contributed by atoms with Crippen molar-refractivity contribution in [2.24, 2.45) is 0 Å². The van der Waals surface area contributed by atoms with E-state index in [1.165, 1.54) is 0 Å². The molecule has 16 heavy (non-hydrogen) atoms. The summed E-state index contributed by atoms with van der Waals surface area (Å²) in [6.07, 6.45) is 1.61. The van der Waals surface area contributed by atoms with Gasteiger partial charge in [0, 0.05) is 20.9 Å². The molecule has 0 saturated carbocycles. The monoisotopic (exact) mass is 316 g/mol. The summed E-state index contributed by atoms with van der Waals surface area (Å²) < 4.78 is 13.0. The van der Waals surface area contributed by atoms with Crippen LogP contribution in [0.2, 0.25) is 0 Å². The Kier molecular flexibility index (Phi) is 3.73. The van der Waals surface area contributed by atoms with Gasteiger partial charge in [-0.15, -0.1) is 11.3 Å². The summed E-state index contributed by atoms with van der Waals surface area (Å²) in [5.74, 6) is 0.456. The number of hydrogen-bond acceptors (Lipinski definition) is 4. The van der Waals surface area contributed by atoms with Crippen LogP contribution in [0.4, 0.5) is 5.69 Å². The molecule has 2 aromatic rings. The van der Waals surface area contributed by atoms with Gasteiger partial charge in [-0.25, -0.2) is 4.98 Å². The average molecular weight is 317 g/mol. The zero-order valence-electron chi connectivity index (χ0n) is 8.22. The first kappa shape index (κ1) is 11.8. The van der Waals surface area contributed by atoms with Crippen molar-refractivity contribution in [1.82, 2.24) is 4.98 Å². The number of nitrogen functional groups attached to an aromatic ring is 1. The number of halogens is 1. The summed E-state index contributed by atoms with van der Waals surface area (Å²) in [6, 6.07) is 5.41. The van der Waals surface area contributed by atoms with Gasteiger partial charge in [0.05, 0.1) is 22.2 Å². The third kappa shape index (κ3) is 2.69. The molecule has 2 aromatic heterocycles. The number of nitrogens with zero attached hydrogens (tertiary/aromatic N) is 1. The maximum absolute atomic E-state index is 12.0. The maximum atomic E-state index is 12.0. The molecule has 0 aliphatic carbocycles. The smallest absolute Gasteiger partial charge is 0.150 e. The summed E-state index contributed by atoms with van der Waals surface area (Å²) in [6.45, 7) is 0. The lowest BCUT2D eigenvalue weighted by molar-refractivity contribution is 0.680. The molecule has 2 heterocycles. The standard InChI is InChI=1S/C10H9BrN2OS2/c11-7-4-8(15-5-7)6-16(14)10-9(12)2-1-3-13-10/h1-5H,6,12H2. The summed E-state index contributed by atoms with van der Waals surface area (Å²) in [7, 11) is -1.18. The van der Waals surface area contributed by atoms with Gasteiger partial charge in [-0.1, -0.05) is 0 Å². The number of rotatable bonds is 3. The van der Waals surface area contributed by atoms with Gasteiger partial charge < -0.3 is 5.73 Å². The van der Waals surface area contributed by atoms with Gasteiger partial charge in [0.25, 0.3) is 0 Å². The normalized spacial score (nSPS) is 12.6. The van der Waals surface area contributed by atoms with Crippen molar-refractivity contribution in [3.8, 4) is 0 Å². The third-order valence-corrected chi connectivity index (χ3v) is 5.14. The van der Waals surface area contributed by atoms with Crippen molar-refractivity contribution in [3.05, 3.63) is 39.1 Å². The second kappa shape index (κ2) is 5.07. The van der Waals surface area contributed by atoms with E-state index in [4.69, 9.17) is 5.73 Å². The third-order valence-electron chi connectivity index (χ3n) is 1.91. The van der Waals surface area contributed by atoms with Crippen LogP contribution >= 0.6 is 27.3 Å². The van der Waals surface area contributed by atoms with Crippen LogP contribution in [0.15, 0.2) is 39.3 Å². The minimum Gasteiger partial charge on any atom is -0.396 e. The quantitative estimate of drug-likeness (QED) is 0.947. The highest BCUT2D eigenvalue weighted by atomic mass is 79.9. The predicted molar refractivity (Wildman–Crippen MR) is 70.8 cm³/mol. The summed E-state index contributed by atoms with van der Waals surface area (Å²) >= 11 is 4.93. The summed E-state index contributed by atoms with van der Waals surface area (Å²) in [5.41, 5.74) is 6.20. The van der Waals surface area contributed by atoms with Crippen LogP contribution in [0.1, 0.15) is 4.88 Å². The van der Waals surface area contributed by atoms with E-state index in [2.05, 4.69) is 20.9 Å². The topological polar surface area (TPSA) is 56.0 Å². The van der Waals surface area contributed by atoms with Crippen molar-refractivity contribution in [2.75, 3.05) is 5.73 Å². The van der Waals surface area contributed by atoms with Gasteiger partial charge in [-0.3, -0.25) is 4.21 Å². The van der Waals surface area contributed by atoms with E-state index >= 15 is 0 Å². The van der Waals surface area contributed by atoms with Crippen LogP contribution in [0.25, 0.3) is 0 Å². The molecule has 0 saturated heterocycles. The average Bonchev–Trinajstić information content (AvgIpc) is 2.64. The van der Waals surface area contributed by atoms with Crippen LogP contribution in [0, 0.1) is 0 Å². The Morgan fingerprint density at radius 2 is 2.38 bits per heavy atom. The van der Waals surface area contributed by atoms with Crippen LogP contribution in [-0.2, 0) is 16.6 Å². The SMILES string of the molecule is Nc1cccnc1S(=O)Cc1cc(Br)cs1. The Labute approximate surface area is 108 Å². The zero-order chi connectivity index (χ0) is 11.5. The van der Waals surface area contributed by atoms with E-state index in [0.29, 0.717) is 16.5 Å². The minimum atomic E-state index is -1.18. The molecule has 0 spiro atoms. The van der Waals surface area contributed by atoms with E-state index in [0.717, 1.165) is 9.35 Å². The van der Waals surface area contributed by atoms with E-state index in [1.807, 2.05) is 11.4 Å². The molecule has 0 aliphatic heterocycles. The molecule has 0 fully saturated rings. The molecule has 0 bridgehead atoms. The molecule has 3 nitrogen and oxygen atoms in total. The number of pyridine rings is 1. The Morgan fingerprint density at radius 3 is 3.00 bits per heavy atom. The van der Waals surface area contributed by atoms with E-state index in [9.17, 15) is 4.21 Å². The zero-order valence-corrected chi connectivity index (χ0v) is 11.4. The first-order valence-corrected chi connectivity index (χ1v) is 7.48. The Balaban J connectivity index is 2.18. The molecule has 0 radical (unpaired) electrons. The molecule has 1 unspecified atom stereocenters. The lowest BCUT2D eigenvalue weighted by atomic mass is 10.4. The fourth-order valence-corrected chi connectivity index (χ4v) is 4.04. The molecule has 0 aliphatic rings. The number of aromatic nitrogens is 1. The summed E-state index contributed by atoms with van der Waals surface area (Å²) in [5, 5.41) is 2.43. The molecule has 84 valence electrons. The first-order chi connectivity index (χ1) is 7.66. The van der Waals surface area contributed by atoms with Crippen molar-refractivity contribution < 1.29 is 4.21 Å². The fraction of sp³-hybridized carbons (Fsp3) is 0.100. The second-order valence-corrected chi connectivity index (χ2v) is 6.40. The molecule has 2 N–H and O–H groups in total. The van der Waals surface area contributed by atoms with E-state index in [-0.39, 0.29) is 0 Å². The fourth-order valence-electron chi connectivity index (χ4n) is 1.22. The van der Waals surface area contributed by atoms with Gasteiger partial charge in [0.1, 0.15) is 5.03 Å². The minimum absolute atomic E-state index is 0.456. The van der Waals surface area contributed by atoms with E-state index in [1.54, 1.807) is 29.7 Å². The Hall–Kier alpha value is -0.720. The van der Waals surface area contributed by atoms with Crippen LogP contribution < -0.4 is 5.73 Å². The van der Waals surface area contributed by atoms with Crippen molar-refractivity contribution in [1.29, 1.82) is 0 Å². The molecule has 2 rings (SSSR count). The molecule has 0 aromatic carbocycles. The maximum Gasteiger partial charge on any atom is 0.150 e. The van der Waals surface area contributed by atoms with Crippen molar-refractivity contribution >= 4 is 43.8 Å². The van der Waals surface area contributed by atoms with Crippen LogP contribution in [0.3, 0.4) is 0 Å². The van der Waals surface area contributed by atoms with Gasteiger partial charge in [-0.2, -0.15) is 0 Å². The van der Waals surface area contributed by atoms with E-state index < -0.39 is 10.8 Å². The Morgan fingerprint density at radius 1 is 1.56 bits per heavy atom. The molecule has 6 heteroatoms. The highest BCUT2D eigenvalue weighted by Crippen LogP contribution is 2.23. The highest BCUT2D eigenvalue weighted by Gasteiger charge is 2.10.